The van der Waals surface area contributed by atoms with Gasteiger partial charge in [0.2, 0.25) is 0 Å². The van der Waals surface area contributed by atoms with Crippen molar-refractivity contribution in [3.05, 3.63) is 97.1 Å². The van der Waals surface area contributed by atoms with Gasteiger partial charge in [-0.25, -0.2) is 0 Å². The molecule has 0 atom stereocenters. The molecule has 4 N–H and O–H groups in total. The number of nitrogen functional groups attached to an aromatic ring is 1. The summed E-state index contributed by atoms with van der Waals surface area (Å²) >= 11 is 0. The first-order valence-corrected chi connectivity index (χ1v) is 15.7. The van der Waals surface area contributed by atoms with Crippen LogP contribution in [-0.2, 0) is 20.2 Å². The average molecular weight is 646 g/mol. The summed E-state index contributed by atoms with van der Waals surface area (Å²) in [5.41, 5.74) is 7.39. The van der Waals surface area contributed by atoms with Crippen LogP contribution in [0.1, 0.15) is 0 Å². The predicted molar refractivity (Wildman–Crippen MR) is 166 cm³/mol. The Morgan fingerprint density at radius 2 is 1.16 bits per heavy atom. The van der Waals surface area contributed by atoms with E-state index in [0.29, 0.717) is 28.1 Å². The summed E-state index contributed by atoms with van der Waals surface area (Å²) in [7, 11) is -8.07. The fourth-order valence-electron chi connectivity index (χ4n) is 4.06. The lowest BCUT2D eigenvalue weighted by atomic mass is 10.1. The Balaban J connectivity index is 1.60. The lowest BCUT2D eigenvalue weighted by molar-refractivity contribution is 0.415. The second-order valence-electron chi connectivity index (χ2n) is 9.28. The number of methoxy groups -OCH3 is 1. The fourth-order valence-corrected chi connectivity index (χ4v) is 5.19. The summed E-state index contributed by atoms with van der Waals surface area (Å²) in [5.74, 6) is 0.0463. The number of anilines is 1. The smallest absolute Gasteiger partial charge is 0.296 e. The van der Waals surface area contributed by atoms with Crippen LogP contribution in [0.15, 0.2) is 138 Å². The second-order valence-corrected chi connectivity index (χ2v) is 12.1. The van der Waals surface area contributed by atoms with E-state index >= 15 is 0 Å². The highest BCUT2D eigenvalue weighted by Gasteiger charge is 2.21. The van der Waals surface area contributed by atoms with Crippen LogP contribution in [0.25, 0.3) is 10.8 Å². The molecule has 5 aromatic rings. The van der Waals surface area contributed by atoms with Gasteiger partial charge in [0.05, 0.1) is 34.8 Å². The van der Waals surface area contributed by atoms with Gasteiger partial charge in [0.1, 0.15) is 22.0 Å². The van der Waals surface area contributed by atoms with Gasteiger partial charge in [-0.2, -0.15) is 27.1 Å². The normalized spacial score (nSPS) is 12.5. The van der Waals surface area contributed by atoms with E-state index in [4.69, 9.17) is 10.5 Å². The molecule has 0 amide bonds. The number of benzene rings is 5. The van der Waals surface area contributed by atoms with Gasteiger partial charge in [-0.05, 0) is 66.7 Å². The summed E-state index contributed by atoms with van der Waals surface area (Å²) in [5, 5.41) is 25.4. The van der Waals surface area contributed by atoms with Crippen LogP contribution in [0, 0.1) is 0 Å². The van der Waals surface area contributed by atoms with E-state index in [1.54, 1.807) is 60.7 Å². The quantitative estimate of drug-likeness (QED) is 0.0804. The summed E-state index contributed by atoms with van der Waals surface area (Å²) in [6.07, 6.45) is 0. The van der Waals surface area contributed by atoms with Gasteiger partial charge in [0, 0.05) is 22.5 Å². The molecule has 0 radical (unpaired) electrons. The van der Waals surface area contributed by atoms with Crippen molar-refractivity contribution in [2.75, 3.05) is 12.8 Å². The monoisotopic (exact) mass is 645 g/mol. The van der Waals surface area contributed by atoms with Crippen LogP contribution in [0.5, 0.6) is 5.75 Å². The van der Waals surface area contributed by atoms with Gasteiger partial charge >= 0.3 is 0 Å². The molecule has 0 bridgehead atoms. The first kappa shape index (κ1) is 31.0. The van der Waals surface area contributed by atoms with E-state index in [1.807, 2.05) is 0 Å². The summed E-state index contributed by atoms with van der Waals surface area (Å²) < 4.78 is 73.3. The highest BCUT2D eigenvalue weighted by molar-refractivity contribution is 7.86. The minimum Gasteiger partial charge on any atom is -0.494 e. The molecule has 228 valence electrons. The molecular weight excluding hydrogens is 622 g/mol. The zero-order chi connectivity index (χ0) is 32.2. The van der Waals surface area contributed by atoms with Gasteiger partial charge in [0.15, 0.2) is 0 Å². The maximum absolute atomic E-state index is 12.3. The fraction of sp³-hybridized carbons (Fsp3) is 0.0345. The van der Waals surface area contributed by atoms with E-state index < -0.39 is 30.0 Å². The highest BCUT2D eigenvalue weighted by Crippen LogP contribution is 2.41. The molecule has 0 saturated carbocycles. The third-order valence-corrected chi connectivity index (χ3v) is 7.97. The van der Waals surface area contributed by atoms with Crippen molar-refractivity contribution in [2.24, 2.45) is 30.7 Å². The zero-order valence-electron chi connectivity index (χ0n) is 23.3. The van der Waals surface area contributed by atoms with Crippen molar-refractivity contribution in [3.8, 4) is 5.75 Å². The molecule has 14 nitrogen and oxygen atoms in total. The van der Waals surface area contributed by atoms with Gasteiger partial charge < -0.3 is 10.5 Å². The Morgan fingerprint density at radius 3 is 1.78 bits per heavy atom. The molecule has 5 aromatic carbocycles. The average Bonchev–Trinajstić information content (AvgIpc) is 3.02. The molecule has 0 aliphatic heterocycles. The second kappa shape index (κ2) is 12.7. The van der Waals surface area contributed by atoms with E-state index in [0.717, 1.165) is 6.07 Å². The standard InChI is InChI=1S/C29H23N7O7S2/c1-43-28-16-27(36-31-19-5-3-2-4-6-19)29(45(40,41)42)17-26(28)35-34-25-14-13-24(33-32-20-9-7-18(30)8-10-20)22-12-11-21(15-23(22)25)44(37,38)39/h2-17H,30H2,1H3,(H,37,38,39)(H,40,41,42). The number of hydrogen-bond acceptors (Lipinski definition) is 12. The molecule has 16 heteroatoms. The highest BCUT2D eigenvalue weighted by atomic mass is 32.2. The van der Waals surface area contributed by atoms with Crippen molar-refractivity contribution < 1.29 is 30.7 Å². The van der Waals surface area contributed by atoms with Crippen LogP contribution in [0.2, 0.25) is 0 Å². The molecule has 5 rings (SSSR count). The third-order valence-electron chi connectivity index (χ3n) is 6.24. The SMILES string of the molecule is COc1cc(N=Nc2ccccc2)c(S(=O)(=O)O)cc1N=Nc1ccc(N=Nc2ccc(N)cc2)c2ccc(S(=O)(=O)O)cc12. The maximum Gasteiger partial charge on any atom is 0.296 e. The van der Waals surface area contributed by atoms with Crippen LogP contribution < -0.4 is 10.5 Å². The van der Waals surface area contributed by atoms with Gasteiger partial charge in [0.25, 0.3) is 20.2 Å². The zero-order valence-corrected chi connectivity index (χ0v) is 24.9. The Bertz CT molecular complexity index is 2210. The van der Waals surface area contributed by atoms with Crippen LogP contribution >= 0.6 is 0 Å². The van der Waals surface area contributed by atoms with Gasteiger partial charge in [-0.1, -0.05) is 24.3 Å². The van der Waals surface area contributed by atoms with Crippen molar-refractivity contribution in [1.29, 1.82) is 0 Å². The molecule has 0 aliphatic carbocycles. The van der Waals surface area contributed by atoms with Crippen molar-refractivity contribution >= 4 is 70.8 Å². The number of fused-ring (bicyclic) bond motifs is 1. The maximum atomic E-state index is 12.3. The van der Waals surface area contributed by atoms with Crippen molar-refractivity contribution in [1.82, 2.24) is 0 Å². The first-order valence-electron chi connectivity index (χ1n) is 12.8. The van der Waals surface area contributed by atoms with Crippen molar-refractivity contribution in [3.63, 3.8) is 0 Å². The topological polar surface area (TPSA) is 218 Å². The van der Waals surface area contributed by atoms with Gasteiger partial charge in [-0.3, -0.25) is 9.11 Å². The molecule has 0 aliphatic rings. The predicted octanol–water partition coefficient (Wildman–Crippen LogP) is 8.17. The van der Waals surface area contributed by atoms with E-state index in [9.17, 15) is 25.9 Å². The molecule has 0 aromatic heterocycles. The Labute approximate surface area is 257 Å². The number of nitrogens with two attached hydrogens (primary N) is 1. The van der Waals surface area contributed by atoms with Crippen LogP contribution in [-0.4, -0.2) is 33.1 Å². The summed E-state index contributed by atoms with van der Waals surface area (Å²) in [6, 6.07) is 24.3. The molecule has 0 saturated heterocycles. The lowest BCUT2D eigenvalue weighted by Crippen LogP contribution is -1.99. The van der Waals surface area contributed by atoms with E-state index in [1.165, 1.54) is 37.4 Å². The molecule has 0 spiro atoms. The molecule has 0 fully saturated rings. The first-order chi connectivity index (χ1) is 21.4. The Kier molecular flexibility index (Phi) is 8.73. The Hall–Kier alpha value is -5.42. The van der Waals surface area contributed by atoms with Gasteiger partial charge in [-0.15, -0.1) is 20.5 Å². The summed E-state index contributed by atoms with van der Waals surface area (Å²) in [6.45, 7) is 0. The minimum atomic E-state index is -4.80. The number of hydrogen-bond donors (Lipinski definition) is 3. The lowest BCUT2D eigenvalue weighted by Gasteiger charge is -2.09. The largest absolute Gasteiger partial charge is 0.494 e. The van der Waals surface area contributed by atoms with Crippen molar-refractivity contribution in [2.45, 2.75) is 9.79 Å². The molecule has 0 heterocycles. The molecular formula is C29H23N7O7S2. The minimum absolute atomic E-state index is 0.0463. The van der Waals surface area contributed by atoms with E-state index in [2.05, 4.69) is 30.7 Å². The van der Waals surface area contributed by atoms with Crippen LogP contribution in [0.3, 0.4) is 0 Å². The van der Waals surface area contributed by atoms with E-state index in [-0.39, 0.29) is 28.2 Å². The number of rotatable bonds is 9. The van der Waals surface area contributed by atoms with Crippen LogP contribution in [0.4, 0.5) is 39.8 Å². The summed E-state index contributed by atoms with van der Waals surface area (Å²) in [4.78, 5) is -1.01. The Morgan fingerprint density at radius 1 is 0.578 bits per heavy atom. The molecule has 45 heavy (non-hydrogen) atoms. The molecule has 0 unspecified atom stereocenters. The number of ether oxygens (including phenoxy) is 1. The third kappa shape index (κ3) is 7.39. The number of azo groups is 3. The number of nitrogens with zero attached hydrogens (tertiary/aromatic N) is 6.